The number of pyridine rings is 1. The van der Waals surface area contributed by atoms with Crippen molar-refractivity contribution in [2.45, 2.75) is 13.2 Å². The maximum Gasteiger partial charge on any atom is 0.223 e. The molecule has 3 N–H and O–H groups in total. The van der Waals surface area contributed by atoms with Crippen LogP contribution in [0.3, 0.4) is 0 Å². The van der Waals surface area contributed by atoms with Gasteiger partial charge in [-0.25, -0.2) is 9.97 Å². The Balaban J connectivity index is 1.88. The lowest BCUT2D eigenvalue weighted by Gasteiger charge is -2.10. The summed E-state index contributed by atoms with van der Waals surface area (Å²) in [5.41, 5.74) is 4.40. The highest BCUT2D eigenvalue weighted by Gasteiger charge is 2.11. The number of ether oxygens (including phenoxy) is 2. The Hall–Kier alpha value is -4.20. The molecule has 10 nitrogen and oxygen atoms in total. The normalized spacial score (nSPS) is 11.5. The molecule has 174 valence electrons. The van der Waals surface area contributed by atoms with Gasteiger partial charge in [-0.2, -0.15) is 10.4 Å². The van der Waals surface area contributed by atoms with Crippen LogP contribution in [-0.4, -0.2) is 54.2 Å². The average Bonchev–Trinajstić information content (AvgIpc) is 2.87. The lowest BCUT2D eigenvalue weighted by Crippen LogP contribution is -2.15. The first-order chi connectivity index (χ1) is 16.7. The molecule has 0 bridgehead atoms. The average molecular weight is 459 g/mol. The van der Waals surface area contributed by atoms with Gasteiger partial charge in [0, 0.05) is 26.3 Å². The Morgan fingerprint density at radius 3 is 2.68 bits per heavy atom. The number of hydrogen-bond acceptors (Lipinski definition) is 10. The second-order valence-electron chi connectivity index (χ2n) is 7.11. The molecule has 0 unspecified atom stereocenters. The molecule has 34 heavy (non-hydrogen) atoms. The number of hydrazone groups is 1. The van der Waals surface area contributed by atoms with Crippen molar-refractivity contribution >= 4 is 17.9 Å². The van der Waals surface area contributed by atoms with Crippen molar-refractivity contribution in [3.05, 3.63) is 71.2 Å². The summed E-state index contributed by atoms with van der Waals surface area (Å²) >= 11 is 0. The van der Waals surface area contributed by atoms with Crippen molar-refractivity contribution in [3.8, 4) is 17.3 Å². The van der Waals surface area contributed by atoms with E-state index in [1.54, 1.807) is 44.7 Å². The highest BCUT2D eigenvalue weighted by molar-refractivity contribution is 6.37. The van der Waals surface area contributed by atoms with Gasteiger partial charge in [0.05, 0.1) is 60.4 Å². The van der Waals surface area contributed by atoms with Gasteiger partial charge >= 0.3 is 0 Å². The van der Waals surface area contributed by atoms with Gasteiger partial charge < -0.3 is 20.6 Å². The van der Waals surface area contributed by atoms with Crippen molar-refractivity contribution in [2.75, 3.05) is 32.7 Å². The molecule has 0 aliphatic carbocycles. The molecule has 0 saturated heterocycles. The highest BCUT2D eigenvalue weighted by atomic mass is 16.5. The molecule has 2 aromatic heterocycles. The van der Waals surface area contributed by atoms with E-state index in [4.69, 9.17) is 15.3 Å². The fourth-order valence-corrected chi connectivity index (χ4v) is 3.06. The van der Waals surface area contributed by atoms with E-state index in [1.807, 2.05) is 24.3 Å². The number of anilines is 1. The van der Waals surface area contributed by atoms with Crippen molar-refractivity contribution in [1.82, 2.24) is 15.0 Å². The van der Waals surface area contributed by atoms with E-state index in [0.29, 0.717) is 54.9 Å². The quantitative estimate of drug-likeness (QED) is 0.193. The van der Waals surface area contributed by atoms with E-state index in [9.17, 15) is 5.26 Å². The molecule has 3 aromatic rings. The lowest BCUT2D eigenvalue weighted by molar-refractivity contribution is 0.181. The molecule has 1 aromatic carbocycles. The second-order valence-corrected chi connectivity index (χ2v) is 7.11. The fourth-order valence-electron chi connectivity index (χ4n) is 3.06. The summed E-state index contributed by atoms with van der Waals surface area (Å²) in [5.74, 6) is 6.06. The van der Waals surface area contributed by atoms with Gasteiger partial charge in [0.25, 0.3) is 0 Å². The summed E-state index contributed by atoms with van der Waals surface area (Å²) in [6.07, 6.45) is 1.56. The Labute approximate surface area is 198 Å². The van der Waals surface area contributed by atoms with Crippen LogP contribution < -0.4 is 11.2 Å². The Morgan fingerprint density at radius 1 is 1.09 bits per heavy atom. The van der Waals surface area contributed by atoms with E-state index < -0.39 is 0 Å². The number of hydrogen-bond donors (Lipinski definition) is 2. The van der Waals surface area contributed by atoms with E-state index in [1.165, 1.54) is 0 Å². The number of nitrogens with two attached hydrogens (primary N) is 1. The lowest BCUT2D eigenvalue weighted by atomic mass is 10.1. The van der Waals surface area contributed by atoms with Crippen LogP contribution in [0.25, 0.3) is 11.3 Å². The molecule has 0 spiro atoms. The number of nitrogens with zero attached hydrogens (tertiary/aromatic N) is 6. The molecule has 0 fully saturated rings. The van der Waals surface area contributed by atoms with Crippen molar-refractivity contribution in [1.29, 1.82) is 5.26 Å². The van der Waals surface area contributed by atoms with Crippen LogP contribution in [0.2, 0.25) is 0 Å². The standard InChI is InChI=1S/C24H26N8O2/c1-33-10-9-28-24-30-21(18-6-3-5-17(11-18)13-25)12-22(31-24)23(32-26)15-27-14-19-7-4-8-20(29-19)16-34-2/h3-8,11-12,15H,9-10,14,16,26H2,1-2H3,(H,28,30,31)/b27-15?,32-23+. The number of nitriles is 1. The van der Waals surface area contributed by atoms with E-state index in [0.717, 1.165) is 17.0 Å². The molecule has 0 atom stereocenters. The second kappa shape index (κ2) is 12.7. The van der Waals surface area contributed by atoms with Gasteiger partial charge in [-0.05, 0) is 30.3 Å². The third-order valence-electron chi connectivity index (χ3n) is 4.63. The summed E-state index contributed by atoms with van der Waals surface area (Å²) in [4.78, 5) is 18.0. The minimum atomic E-state index is 0.345. The van der Waals surface area contributed by atoms with E-state index in [-0.39, 0.29) is 0 Å². The first-order valence-electron chi connectivity index (χ1n) is 10.5. The van der Waals surface area contributed by atoms with E-state index in [2.05, 4.69) is 36.4 Å². The summed E-state index contributed by atoms with van der Waals surface area (Å²) < 4.78 is 10.2. The van der Waals surface area contributed by atoms with Crippen LogP contribution in [0.15, 0.2) is 58.6 Å². The Bertz CT molecular complexity index is 1200. The highest BCUT2D eigenvalue weighted by Crippen LogP contribution is 2.21. The number of aromatic nitrogens is 3. The van der Waals surface area contributed by atoms with Gasteiger partial charge in [-0.1, -0.05) is 18.2 Å². The van der Waals surface area contributed by atoms with Crippen LogP contribution >= 0.6 is 0 Å². The number of aliphatic imine (C=N–C) groups is 1. The smallest absolute Gasteiger partial charge is 0.223 e. The van der Waals surface area contributed by atoms with Gasteiger partial charge in [0.2, 0.25) is 5.95 Å². The maximum absolute atomic E-state index is 9.25. The van der Waals surface area contributed by atoms with Gasteiger partial charge in [0.1, 0.15) is 5.71 Å². The van der Waals surface area contributed by atoms with Crippen molar-refractivity contribution in [2.24, 2.45) is 15.9 Å². The van der Waals surface area contributed by atoms with Gasteiger partial charge in [-0.15, -0.1) is 0 Å². The van der Waals surface area contributed by atoms with Crippen molar-refractivity contribution < 1.29 is 9.47 Å². The minimum absolute atomic E-state index is 0.345. The zero-order valence-corrected chi connectivity index (χ0v) is 19.1. The summed E-state index contributed by atoms with van der Waals surface area (Å²) in [5, 5.41) is 16.3. The van der Waals surface area contributed by atoms with Crippen molar-refractivity contribution in [3.63, 3.8) is 0 Å². The largest absolute Gasteiger partial charge is 0.383 e. The van der Waals surface area contributed by atoms with Gasteiger partial charge in [0.15, 0.2) is 0 Å². The Morgan fingerprint density at radius 2 is 1.91 bits per heavy atom. The molecular weight excluding hydrogens is 432 g/mol. The zero-order valence-electron chi connectivity index (χ0n) is 19.1. The van der Waals surface area contributed by atoms with Crippen LogP contribution in [-0.2, 0) is 22.6 Å². The van der Waals surface area contributed by atoms with E-state index >= 15 is 0 Å². The topological polar surface area (TPSA) is 144 Å². The predicted octanol–water partition coefficient (Wildman–Crippen LogP) is 2.55. The molecule has 3 rings (SSSR count). The summed E-state index contributed by atoms with van der Waals surface area (Å²) in [6, 6.07) is 16.8. The fraction of sp³-hybridized carbons (Fsp3) is 0.250. The predicted molar refractivity (Wildman–Crippen MR) is 130 cm³/mol. The van der Waals surface area contributed by atoms with Crippen LogP contribution in [0.5, 0.6) is 0 Å². The number of nitrogens with one attached hydrogen (secondary N) is 1. The molecule has 0 aliphatic rings. The minimum Gasteiger partial charge on any atom is -0.383 e. The SMILES string of the molecule is COCCNc1nc(/C(C=NCc2cccc(COC)n2)=N/N)cc(-c2cccc(C#N)c2)n1. The molecule has 0 radical (unpaired) electrons. The first kappa shape index (κ1) is 24.4. The summed E-state index contributed by atoms with van der Waals surface area (Å²) in [6.45, 7) is 1.78. The molecule has 0 aliphatic heterocycles. The third-order valence-corrected chi connectivity index (χ3v) is 4.63. The number of rotatable bonds is 11. The Kier molecular flexibility index (Phi) is 9.16. The molecular formula is C24H26N8O2. The summed E-state index contributed by atoms with van der Waals surface area (Å²) in [7, 11) is 3.24. The molecule has 0 saturated carbocycles. The zero-order chi connectivity index (χ0) is 24.2. The monoisotopic (exact) mass is 458 g/mol. The van der Waals surface area contributed by atoms with Gasteiger partial charge in [-0.3, -0.25) is 9.98 Å². The van der Waals surface area contributed by atoms with Crippen LogP contribution in [0.4, 0.5) is 5.95 Å². The molecule has 0 amide bonds. The number of methoxy groups -OCH3 is 2. The number of benzene rings is 1. The molecule has 2 heterocycles. The van der Waals surface area contributed by atoms with Crippen LogP contribution in [0.1, 0.15) is 22.6 Å². The van der Waals surface area contributed by atoms with Crippen LogP contribution in [0, 0.1) is 11.3 Å². The maximum atomic E-state index is 9.25. The third kappa shape index (κ3) is 6.90. The first-order valence-corrected chi connectivity index (χ1v) is 10.5. The molecule has 10 heteroatoms.